The summed E-state index contributed by atoms with van der Waals surface area (Å²) < 4.78 is 5.40. The molecule has 170 valence electrons. The lowest BCUT2D eigenvalue weighted by molar-refractivity contribution is -0.130. The summed E-state index contributed by atoms with van der Waals surface area (Å²) in [7, 11) is 1.57. The minimum atomic E-state index is -0.682. The molecule has 1 atom stereocenters. The van der Waals surface area contributed by atoms with E-state index in [2.05, 4.69) is 29.6 Å². The molecule has 0 aromatic heterocycles. The second kappa shape index (κ2) is 9.90. The molecule has 0 saturated carbocycles. The van der Waals surface area contributed by atoms with Crippen molar-refractivity contribution in [2.24, 2.45) is 5.41 Å². The number of hydrogen-bond donors (Lipinski definition) is 1. The van der Waals surface area contributed by atoms with Crippen LogP contribution in [0.15, 0.2) is 78.9 Å². The van der Waals surface area contributed by atoms with E-state index in [1.54, 1.807) is 24.1 Å². The van der Waals surface area contributed by atoms with Gasteiger partial charge in [-0.1, -0.05) is 66.7 Å². The molecule has 1 heterocycles. The van der Waals surface area contributed by atoms with E-state index in [9.17, 15) is 9.59 Å². The highest BCUT2D eigenvalue weighted by Crippen LogP contribution is 2.38. The molecule has 0 radical (unpaired) electrons. The maximum atomic E-state index is 13.4. The maximum Gasteiger partial charge on any atom is 0.257 e. The van der Waals surface area contributed by atoms with Crippen molar-refractivity contribution in [3.8, 4) is 16.9 Å². The molecule has 1 aliphatic heterocycles. The van der Waals surface area contributed by atoms with Gasteiger partial charge in [0, 0.05) is 19.6 Å². The quantitative estimate of drug-likeness (QED) is 0.583. The van der Waals surface area contributed by atoms with Gasteiger partial charge in [-0.15, -0.1) is 0 Å². The fraction of sp³-hybridized carbons (Fsp3) is 0.286. The molecular formula is C28H30N2O3. The Hall–Kier alpha value is -3.60. The van der Waals surface area contributed by atoms with Gasteiger partial charge in [-0.05, 0) is 48.6 Å². The second-order valence-corrected chi connectivity index (χ2v) is 8.52. The summed E-state index contributed by atoms with van der Waals surface area (Å²) in [6, 6.07) is 25.7. The van der Waals surface area contributed by atoms with Gasteiger partial charge in [0.1, 0.15) is 5.75 Å². The predicted molar refractivity (Wildman–Crippen MR) is 130 cm³/mol. The van der Waals surface area contributed by atoms with Crippen LogP contribution in [0.2, 0.25) is 0 Å². The van der Waals surface area contributed by atoms with Crippen LogP contribution in [0.4, 0.5) is 0 Å². The third-order valence-electron chi connectivity index (χ3n) is 6.43. The molecule has 1 N–H and O–H groups in total. The minimum absolute atomic E-state index is 0.00296. The van der Waals surface area contributed by atoms with Crippen LogP contribution in [0, 0.1) is 5.41 Å². The van der Waals surface area contributed by atoms with Crippen LogP contribution in [0.1, 0.15) is 29.3 Å². The van der Waals surface area contributed by atoms with Crippen molar-refractivity contribution in [3.05, 3.63) is 90.0 Å². The number of nitrogens with one attached hydrogen (secondary N) is 1. The van der Waals surface area contributed by atoms with Crippen LogP contribution in [0.5, 0.6) is 5.75 Å². The highest BCUT2D eigenvalue weighted by molar-refractivity contribution is 5.98. The van der Waals surface area contributed by atoms with E-state index in [1.165, 1.54) is 0 Å². The van der Waals surface area contributed by atoms with Crippen molar-refractivity contribution in [3.63, 3.8) is 0 Å². The SMILES string of the molecule is CCNC(=O)C1(Cc2ccccc2-c2ccccc2)CCN(C(=O)c2ccccc2OC)C1. The summed E-state index contributed by atoms with van der Waals surface area (Å²) in [5.74, 6) is 0.450. The second-order valence-electron chi connectivity index (χ2n) is 8.52. The van der Waals surface area contributed by atoms with Crippen molar-refractivity contribution < 1.29 is 14.3 Å². The molecule has 0 aliphatic carbocycles. The fourth-order valence-corrected chi connectivity index (χ4v) is 4.73. The minimum Gasteiger partial charge on any atom is -0.496 e. The predicted octanol–water partition coefficient (Wildman–Crippen LogP) is 4.57. The number of amides is 2. The molecule has 1 unspecified atom stereocenters. The zero-order chi connectivity index (χ0) is 23.3. The number of hydrogen-bond acceptors (Lipinski definition) is 3. The molecule has 1 saturated heterocycles. The van der Waals surface area contributed by atoms with Gasteiger partial charge in [-0.2, -0.15) is 0 Å². The first-order valence-electron chi connectivity index (χ1n) is 11.4. The van der Waals surface area contributed by atoms with Crippen molar-refractivity contribution in [2.45, 2.75) is 19.8 Å². The Morgan fingerprint density at radius 1 is 0.970 bits per heavy atom. The summed E-state index contributed by atoms with van der Waals surface area (Å²) in [4.78, 5) is 28.5. The third-order valence-corrected chi connectivity index (χ3v) is 6.43. The zero-order valence-electron chi connectivity index (χ0n) is 19.2. The number of ether oxygens (including phenoxy) is 1. The standard InChI is InChI=1S/C28H30N2O3/c1-3-29-27(32)28(19-22-13-7-8-14-23(22)21-11-5-4-6-12-21)17-18-30(20-28)26(31)24-15-9-10-16-25(24)33-2/h4-16H,3,17-20H2,1-2H3,(H,29,32). The zero-order valence-corrected chi connectivity index (χ0v) is 19.2. The molecule has 2 amide bonds. The Morgan fingerprint density at radius 3 is 2.42 bits per heavy atom. The number of nitrogens with zero attached hydrogens (tertiary/aromatic N) is 1. The normalized spacial score (nSPS) is 17.6. The smallest absolute Gasteiger partial charge is 0.257 e. The monoisotopic (exact) mass is 442 g/mol. The molecule has 1 fully saturated rings. The maximum absolute atomic E-state index is 13.4. The number of carbonyl (C=O) groups excluding carboxylic acids is 2. The van der Waals surface area contributed by atoms with E-state index in [1.807, 2.05) is 49.4 Å². The Labute approximate surface area is 195 Å². The number of para-hydroxylation sites is 1. The number of rotatable bonds is 7. The van der Waals surface area contributed by atoms with Crippen LogP contribution >= 0.6 is 0 Å². The van der Waals surface area contributed by atoms with Crippen LogP contribution in [0.25, 0.3) is 11.1 Å². The molecule has 5 heteroatoms. The van der Waals surface area contributed by atoms with E-state index in [4.69, 9.17) is 4.74 Å². The molecule has 4 rings (SSSR count). The lowest BCUT2D eigenvalue weighted by atomic mass is 9.78. The first-order chi connectivity index (χ1) is 16.1. The summed E-state index contributed by atoms with van der Waals surface area (Å²) in [6.45, 7) is 3.39. The Bertz CT molecular complexity index is 1130. The van der Waals surface area contributed by atoms with Crippen molar-refractivity contribution >= 4 is 11.8 Å². The molecule has 33 heavy (non-hydrogen) atoms. The molecule has 1 aliphatic rings. The summed E-state index contributed by atoms with van der Waals surface area (Å²) in [5.41, 5.74) is 3.20. The Balaban J connectivity index is 1.66. The molecule has 0 spiro atoms. The van der Waals surface area contributed by atoms with E-state index in [-0.39, 0.29) is 11.8 Å². The van der Waals surface area contributed by atoms with Gasteiger partial charge in [-0.25, -0.2) is 0 Å². The Kier molecular flexibility index (Phi) is 6.78. The number of likely N-dealkylation sites (tertiary alicyclic amines) is 1. The number of methoxy groups -OCH3 is 1. The number of benzene rings is 3. The molecule has 0 bridgehead atoms. The summed E-state index contributed by atoms with van der Waals surface area (Å²) in [5, 5.41) is 3.03. The fourth-order valence-electron chi connectivity index (χ4n) is 4.73. The van der Waals surface area contributed by atoms with Crippen LogP contribution in [0.3, 0.4) is 0 Å². The first-order valence-corrected chi connectivity index (χ1v) is 11.4. The number of carbonyl (C=O) groups is 2. The van der Waals surface area contributed by atoms with Crippen molar-refractivity contribution in [2.75, 3.05) is 26.7 Å². The average Bonchev–Trinajstić information content (AvgIpc) is 3.30. The third kappa shape index (κ3) is 4.63. The van der Waals surface area contributed by atoms with Gasteiger partial charge in [0.05, 0.1) is 18.1 Å². The van der Waals surface area contributed by atoms with E-state index >= 15 is 0 Å². The van der Waals surface area contributed by atoms with Gasteiger partial charge in [0.2, 0.25) is 5.91 Å². The van der Waals surface area contributed by atoms with Crippen LogP contribution in [-0.4, -0.2) is 43.5 Å². The summed E-state index contributed by atoms with van der Waals surface area (Å²) in [6.07, 6.45) is 1.18. The van der Waals surface area contributed by atoms with E-state index < -0.39 is 5.41 Å². The lowest BCUT2D eigenvalue weighted by Gasteiger charge is -2.29. The van der Waals surface area contributed by atoms with E-state index in [0.29, 0.717) is 43.8 Å². The largest absolute Gasteiger partial charge is 0.496 e. The summed E-state index contributed by atoms with van der Waals surface area (Å²) >= 11 is 0. The first kappa shape index (κ1) is 22.6. The topological polar surface area (TPSA) is 58.6 Å². The van der Waals surface area contributed by atoms with Crippen LogP contribution < -0.4 is 10.1 Å². The lowest BCUT2D eigenvalue weighted by Crippen LogP contribution is -2.45. The molecule has 3 aromatic carbocycles. The van der Waals surface area contributed by atoms with Gasteiger partial charge in [-0.3, -0.25) is 9.59 Å². The van der Waals surface area contributed by atoms with Gasteiger partial charge in [0.25, 0.3) is 5.91 Å². The van der Waals surface area contributed by atoms with Gasteiger partial charge in [0.15, 0.2) is 0 Å². The van der Waals surface area contributed by atoms with Gasteiger partial charge >= 0.3 is 0 Å². The van der Waals surface area contributed by atoms with E-state index in [0.717, 1.165) is 16.7 Å². The molecular weight excluding hydrogens is 412 g/mol. The molecule has 3 aromatic rings. The highest BCUT2D eigenvalue weighted by Gasteiger charge is 2.46. The van der Waals surface area contributed by atoms with Crippen molar-refractivity contribution in [1.82, 2.24) is 10.2 Å². The van der Waals surface area contributed by atoms with Crippen molar-refractivity contribution in [1.29, 1.82) is 0 Å². The molecule has 5 nitrogen and oxygen atoms in total. The average molecular weight is 443 g/mol. The Morgan fingerprint density at radius 2 is 1.67 bits per heavy atom. The van der Waals surface area contributed by atoms with Gasteiger partial charge < -0.3 is 15.0 Å². The highest BCUT2D eigenvalue weighted by atomic mass is 16.5. The van der Waals surface area contributed by atoms with Crippen LogP contribution in [-0.2, 0) is 11.2 Å².